The Hall–Kier alpha value is -1.65. The predicted molar refractivity (Wildman–Crippen MR) is 83.3 cm³/mol. The maximum atomic E-state index is 12.6. The summed E-state index contributed by atoms with van der Waals surface area (Å²) < 4.78 is 68.5. The molecule has 140 valence electrons. The van der Waals surface area contributed by atoms with E-state index >= 15 is 0 Å². The Balaban J connectivity index is 1.98. The molecule has 0 amide bonds. The summed E-state index contributed by atoms with van der Waals surface area (Å²) in [4.78, 5) is 12.9. The fourth-order valence-corrected chi connectivity index (χ4v) is 3.93. The number of piperazine rings is 1. The number of nitrogens with zero attached hydrogens (tertiary/aromatic N) is 2. The molecular formula is C15H19F3N2O4S. The molecule has 2 rings (SSSR count). The third-order valence-electron chi connectivity index (χ3n) is 4.01. The molecule has 0 N–H and O–H groups in total. The molecule has 0 aromatic heterocycles. The number of carbonyl (C=O) groups is 1. The minimum Gasteiger partial charge on any atom is -0.469 e. The summed E-state index contributed by atoms with van der Waals surface area (Å²) >= 11 is 0. The number of carbonyl (C=O) groups excluding carboxylic acids is 1. The number of benzene rings is 1. The highest BCUT2D eigenvalue weighted by Crippen LogP contribution is 2.30. The first-order chi connectivity index (χ1) is 11.6. The van der Waals surface area contributed by atoms with Gasteiger partial charge in [-0.2, -0.15) is 17.5 Å². The Bertz CT molecular complexity index is 696. The second-order valence-corrected chi connectivity index (χ2v) is 7.53. The zero-order chi connectivity index (χ0) is 18.7. The van der Waals surface area contributed by atoms with Crippen LogP contribution in [-0.2, 0) is 25.7 Å². The van der Waals surface area contributed by atoms with Gasteiger partial charge in [0.15, 0.2) is 0 Å². The van der Waals surface area contributed by atoms with E-state index in [4.69, 9.17) is 0 Å². The zero-order valence-electron chi connectivity index (χ0n) is 13.6. The monoisotopic (exact) mass is 380 g/mol. The number of alkyl halides is 3. The van der Waals surface area contributed by atoms with E-state index in [1.807, 2.05) is 4.90 Å². The molecule has 0 atom stereocenters. The smallest absolute Gasteiger partial charge is 0.416 e. The van der Waals surface area contributed by atoms with Crippen LogP contribution < -0.4 is 0 Å². The molecular weight excluding hydrogens is 361 g/mol. The molecule has 1 aromatic carbocycles. The minimum absolute atomic E-state index is 0.163. The molecule has 0 aliphatic carbocycles. The van der Waals surface area contributed by atoms with Crippen LogP contribution in [0.4, 0.5) is 13.2 Å². The maximum Gasteiger partial charge on any atom is 0.416 e. The van der Waals surface area contributed by atoms with Crippen LogP contribution in [0.3, 0.4) is 0 Å². The van der Waals surface area contributed by atoms with E-state index in [0.29, 0.717) is 19.6 Å². The van der Waals surface area contributed by atoms with Gasteiger partial charge < -0.3 is 9.64 Å². The second-order valence-electron chi connectivity index (χ2n) is 5.59. The third-order valence-corrected chi connectivity index (χ3v) is 5.92. The van der Waals surface area contributed by atoms with E-state index in [2.05, 4.69) is 4.74 Å². The molecule has 1 heterocycles. The van der Waals surface area contributed by atoms with Gasteiger partial charge in [0.25, 0.3) is 0 Å². The van der Waals surface area contributed by atoms with Gasteiger partial charge in [-0.25, -0.2) is 8.42 Å². The third kappa shape index (κ3) is 4.93. The van der Waals surface area contributed by atoms with Crippen molar-refractivity contribution in [2.45, 2.75) is 17.5 Å². The Morgan fingerprint density at radius 2 is 1.68 bits per heavy atom. The highest BCUT2D eigenvalue weighted by atomic mass is 32.2. The van der Waals surface area contributed by atoms with Crippen LogP contribution in [0.2, 0.25) is 0 Å². The van der Waals surface area contributed by atoms with Crippen molar-refractivity contribution in [3.05, 3.63) is 29.8 Å². The molecule has 0 saturated carbocycles. The summed E-state index contributed by atoms with van der Waals surface area (Å²) in [6.45, 7) is 1.78. The van der Waals surface area contributed by atoms with Gasteiger partial charge in [0.1, 0.15) is 0 Å². The predicted octanol–water partition coefficient (Wildman–Crippen LogP) is 1.57. The van der Waals surface area contributed by atoms with Crippen LogP contribution >= 0.6 is 0 Å². The normalized spacial score (nSPS) is 17.4. The number of halogens is 3. The van der Waals surface area contributed by atoms with Crippen molar-refractivity contribution in [1.82, 2.24) is 9.21 Å². The van der Waals surface area contributed by atoms with Crippen molar-refractivity contribution >= 4 is 16.0 Å². The van der Waals surface area contributed by atoms with Crippen molar-refractivity contribution in [3.63, 3.8) is 0 Å². The molecule has 1 aliphatic heterocycles. The number of methoxy groups -OCH3 is 1. The summed E-state index contributed by atoms with van der Waals surface area (Å²) in [5.41, 5.74) is -0.890. The zero-order valence-corrected chi connectivity index (χ0v) is 14.4. The molecule has 0 spiro atoms. The van der Waals surface area contributed by atoms with Crippen molar-refractivity contribution < 1.29 is 31.1 Å². The lowest BCUT2D eigenvalue weighted by molar-refractivity contribution is -0.141. The van der Waals surface area contributed by atoms with Gasteiger partial charge in [0, 0.05) is 32.7 Å². The van der Waals surface area contributed by atoms with Gasteiger partial charge in [0.2, 0.25) is 10.0 Å². The van der Waals surface area contributed by atoms with Crippen LogP contribution in [0.5, 0.6) is 0 Å². The SMILES string of the molecule is COC(=O)CCN1CCN(S(=O)(=O)c2ccc(C(F)(F)F)cc2)CC1. The summed E-state index contributed by atoms with van der Waals surface area (Å²) in [6, 6.07) is 3.47. The van der Waals surface area contributed by atoms with Gasteiger partial charge in [-0.1, -0.05) is 0 Å². The van der Waals surface area contributed by atoms with Crippen LogP contribution in [0.15, 0.2) is 29.2 Å². The lowest BCUT2D eigenvalue weighted by Crippen LogP contribution is -2.48. The lowest BCUT2D eigenvalue weighted by Gasteiger charge is -2.33. The highest BCUT2D eigenvalue weighted by Gasteiger charge is 2.32. The van der Waals surface area contributed by atoms with Crippen molar-refractivity contribution in [2.24, 2.45) is 0 Å². The molecule has 1 aromatic rings. The van der Waals surface area contributed by atoms with E-state index in [0.717, 1.165) is 24.3 Å². The number of hydrogen-bond acceptors (Lipinski definition) is 5. The molecule has 6 nitrogen and oxygen atoms in total. The molecule has 1 fully saturated rings. The van der Waals surface area contributed by atoms with Gasteiger partial charge in [-0.15, -0.1) is 0 Å². The number of rotatable bonds is 5. The lowest BCUT2D eigenvalue weighted by atomic mass is 10.2. The first kappa shape index (κ1) is 19.7. The van der Waals surface area contributed by atoms with Gasteiger partial charge >= 0.3 is 12.1 Å². The fraction of sp³-hybridized carbons (Fsp3) is 0.533. The van der Waals surface area contributed by atoms with E-state index in [-0.39, 0.29) is 30.4 Å². The molecule has 1 aliphatic rings. The number of ether oxygens (including phenoxy) is 1. The van der Waals surface area contributed by atoms with E-state index in [1.165, 1.54) is 11.4 Å². The number of esters is 1. The quantitative estimate of drug-likeness (QED) is 0.726. The Morgan fingerprint density at radius 3 is 2.16 bits per heavy atom. The average Bonchev–Trinajstić information content (AvgIpc) is 2.59. The van der Waals surface area contributed by atoms with E-state index < -0.39 is 21.8 Å². The standard InChI is InChI=1S/C15H19F3N2O4S/c1-24-14(21)6-7-19-8-10-20(11-9-19)25(22,23)13-4-2-12(3-5-13)15(16,17)18/h2-5H,6-11H2,1H3. The Kier molecular flexibility index (Phi) is 6.07. The Labute approximate surface area is 144 Å². The molecule has 25 heavy (non-hydrogen) atoms. The first-order valence-electron chi connectivity index (χ1n) is 7.61. The van der Waals surface area contributed by atoms with Gasteiger partial charge in [-0.3, -0.25) is 4.79 Å². The largest absolute Gasteiger partial charge is 0.469 e. The fourth-order valence-electron chi connectivity index (χ4n) is 2.51. The van der Waals surface area contributed by atoms with E-state index in [1.54, 1.807) is 0 Å². The summed E-state index contributed by atoms with van der Waals surface area (Å²) in [5, 5.41) is 0. The maximum absolute atomic E-state index is 12.6. The van der Waals surface area contributed by atoms with Crippen LogP contribution in [0.1, 0.15) is 12.0 Å². The molecule has 0 bridgehead atoms. The minimum atomic E-state index is -4.51. The van der Waals surface area contributed by atoms with Crippen molar-refractivity contribution in [2.75, 3.05) is 39.8 Å². The summed E-state index contributed by atoms with van der Waals surface area (Å²) in [7, 11) is -2.53. The van der Waals surface area contributed by atoms with Crippen LogP contribution in [0.25, 0.3) is 0 Å². The van der Waals surface area contributed by atoms with Crippen LogP contribution in [-0.4, -0.2) is 63.4 Å². The molecule has 0 unspecified atom stereocenters. The van der Waals surface area contributed by atoms with Gasteiger partial charge in [-0.05, 0) is 24.3 Å². The average molecular weight is 380 g/mol. The number of hydrogen-bond donors (Lipinski definition) is 0. The van der Waals surface area contributed by atoms with Crippen molar-refractivity contribution in [3.8, 4) is 0 Å². The van der Waals surface area contributed by atoms with Crippen molar-refractivity contribution in [1.29, 1.82) is 0 Å². The Morgan fingerprint density at radius 1 is 1.12 bits per heavy atom. The van der Waals surface area contributed by atoms with Crippen LogP contribution in [0, 0.1) is 0 Å². The van der Waals surface area contributed by atoms with Gasteiger partial charge in [0.05, 0.1) is 24.0 Å². The summed E-state index contributed by atoms with van der Waals surface area (Å²) in [6.07, 6.45) is -4.28. The molecule has 1 saturated heterocycles. The molecule has 10 heteroatoms. The first-order valence-corrected chi connectivity index (χ1v) is 9.05. The second kappa shape index (κ2) is 7.71. The highest BCUT2D eigenvalue weighted by molar-refractivity contribution is 7.89. The topological polar surface area (TPSA) is 66.9 Å². The summed E-state index contributed by atoms with van der Waals surface area (Å²) in [5.74, 6) is -0.334. The number of sulfonamides is 1. The van der Waals surface area contributed by atoms with E-state index in [9.17, 15) is 26.4 Å². The molecule has 0 radical (unpaired) electrons.